The van der Waals surface area contributed by atoms with Crippen LogP contribution in [-0.4, -0.2) is 51.2 Å². The van der Waals surface area contributed by atoms with Crippen molar-refractivity contribution in [1.29, 1.82) is 0 Å². The van der Waals surface area contributed by atoms with E-state index in [9.17, 15) is 18.0 Å². The largest absolute Gasteiger partial charge is 0.468 e. The molecule has 1 saturated heterocycles. The number of ketones is 1. The van der Waals surface area contributed by atoms with Gasteiger partial charge in [0.05, 0.1) is 17.7 Å². The molecular formula is C26H27N3O5S. The minimum absolute atomic E-state index is 0.0387. The Morgan fingerprint density at radius 3 is 2.26 bits per heavy atom. The zero-order chi connectivity index (χ0) is 24.8. The Kier molecular flexibility index (Phi) is 7.48. The lowest BCUT2D eigenvalue weighted by molar-refractivity contribution is -0.126. The van der Waals surface area contributed by atoms with Crippen molar-refractivity contribution in [1.82, 2.24) is 9.62 Å². The van der Waals surface area contributed by atoms with Crippen molar-refractivity contribution in [2.75, 3.05) is 31.1 Å². The molecule has 9 heteroatoms. The van der Waals surface area contributed by atoms with Crippen LogP contribution < -0.4 is 9.62 Å². The molecule has 35 heavy (non-hydrogen) atoms. The van der Waals surface area contributed by atoms with E-state index in [1.165, 1.54) is 24.5 Å². The fourth-order valence-corrected chi connectivity index (χ4v) is 4.78. The van der Waals surface area contributed by atoms with Gasteiger partial charge in [-0.2, -0.15) is 0 Å². The number of Topliss-reactive ketones (excluding diaryl/α,β-unsaturated/α-hetero) is 1. The van der Waals surface area contributed by atoms with E-state index >= 15 is 0 Å². The minimum Gasteiger partial charge on any atom is -0.468 e. The normalized spacial score (nSPS) is 14.4. The molecule has 1 amide bonds. The highest BCUT2D eigenvalue weighted by molar-refractivity contribution is 7.89. The monoisotopic (exact) mass is 493 g/mol. The van der Waals surface area contributed by atoms with Crippen LogP contribution in [0.4, 0.5) is 5.69 Å². The van der Waals surface area contributed by atoms with Gasteiger partial charge in [0.2, 0.25) is 15.9 Å². The Morgan fingerprint density at radius 1 is 0.971 bits per heavy atom. The van der Waals surface area contributed by atoms with Crippen LogP contribution in [0.3, 0.4) is 0 Å². The van der Waals surface area contributed by atoms with Crippen LogP contribution in [0.15, 0.2) is 82.3 Å². The van der Waals surface area contributed by atoms with Gasteiger partial charge < -0.3 is 14.2 Å². The third-order valence-electron chi connectivity index (χ3n) is 5.86. The molecule has 1 fully saturated rings. The lowest BCUT2D eigenvalue weighted by Gasteiger charge is -2.35. The molecule has 1 N–H and O–H groups in total. The van der Waals surface area contributed by atoms with E-state index in [4.69, 9.17) is 4.42 Å². The standard InChI is InChI=1S/C26H27N3O5S/c1-20(30)22-7-9-23(10-8-22)28-14-16-29(17-15-28)26(31)13-6-21-4-11-25(12-5-21)35(32,33)27-19-24-3-2-18-34-24/h2-13,18,27H,14-17,19H2,1H3/b13-6+. The maximum absolute atomic E-state index is 12.6. The molecule has 4 rings (SSSR count). The number of piperazine rings is 1. The number of sulfonamides is 1. The number of nitrogens with one attached hydrogen (secondary N) is 1. The lowest BCUT2D eigenvalue weighted by Crippen LogP contribution is -2.48. The summed E-state index contributed by atoms with van der Waals surface area (Å²) in [5.74, 6) is 0.475. The third kappa shape index (κ3) is 6.26. The first-order valence-electron chi connectivity index (χ1n) is 11.3. The Hall–Kier alpha value is -3.69. The molecule has 0 saturated carbocycles. The molecule has 1 aliphatic heterocycles. The molecule has 1 aromatic heterocycles. The molecule has 2 aromatic carbocycles. The molecule has 8 nitrogen and oxygen atoms in total. The Labute approximate surface area is 204 Å². The number of carbonyl (C=O) groups is 2. The van der Waals surface area contributed by atoms with E-state index in [1.54, 1.807) is 42.2 Å². The molecule has 0 unspecified atom stereocenters. The van der Waals surface area contributed by atoms with E-state index in [1.807, 2.05) is 24.3 Å². The van der Waals surface area contributed by atoms with Crippen molar-refractivity contribution in [2.24, 2.45) is 0 Å². The Morgan fingerprint density at radius 2 is 1.66 bits per heavy atom. The minimum atomic E-state index is -3.67. The number of furan rings is 1. The first-order chi connectivity index (χ1) is 16.8. The zero-order valence-corrected chi connectivity index (χ0v) is 20.2. The quantitative estimate of drug-likeness (QED) is 0.382. The summed E-state index contributed by atoms with van der Waals surface area (Å²) in [6.07, 6.45) is 4.68. The number of hydrogen-bond donors (Lipinski definition) is 1. The molecule has 0 aliphatic carbocycles. The van der Waals surface area contributed by atoms with E-state index in [-0.39, 0.29) is 23.1 Å². The van der Waals surface area contributed by atoms with E-state index in [2.05, 4.69) is 9.62 Å². The van der Waals surface area contributed by atoms with Crippen LogP contribution in [0.2, 0.25) is 0 Å². The van der Waals surface area contributed by atoms with Crippen LogP contribution in [0.25, 0.3) is 6.08 Å². The van der Waals surface area contributed by atoms with Crippen molar-refractivity contribution in [2.45, 2.75) is 18.4 Å². The van der Waals surface area contributed by atoms with Crippen molar-refractivity contribution >= 4 is 33.5 Å². The van der Waals surface area contributed by atoms with Gasteiger partial charge in [0.1, 0.15) is 5.76 Å². The number of benzene rings is 2. The van der Waals surface area contributed by atoms with Crippen LogP contribution in [-0.2, 0) is 21.4 Å². The van der Waals surface area contributed by atoms with Crippen LogP contribution in [0.5, 0.6) is 0 Å². The number of rotatable bonds is 8. The van der Waals surface area contributed by atoms with Gasteiger partial charge in [-0.25, -0.2) is 13.1 Å². The lowest BCUT2D eigenvalue weighted by atomic mass is 10.1. The summed E-state index contributed by atoms with van der Waals surface area (Å²) in [5, 5.41) is 0. The molecule has 182 valence electrons. The number of hydrogen-bond acceptors (Lipinski definition) is 6. The smallest absolute Gasteiger partial charge is 0.246 e. The summed E-state index contributed by atoms with van der Waals surface area (Å²) in [6.45, 7) is 4.21. The molecule has 2 heterocycles. The number of carbonyl (C=O) groups excluding carboxylic acids is 2. The summed E-state index contributed by atoms with van der Waals surface area (Å²) in [5.41, 5.74) is 2.45. The number of amides is 1. The summed E-state index contributed by atoms with van der Waals surface area (Å²) in [4.78, 5) is 28.2. The van der Waals surface area contributed by atoms with Crippen LogP contribution in [0, 0.1) is 0 Å². The van der Waals surface area contributed by atoms with Crippen molar-refractivity contribution in [3.05, 3.63) is 89.9 Å². The molecule has 3 aromatic rings. The van der Waals surface area contributed by atoms with Gasteiger partial charge in [0, 0.05) is 43.5 Å². The maximum atomic E-state index is 12.6. The van der Waals surface area contributed by atoms with Crippen LogP contribution in [0.1, 0.15) is 28.6 Å². The van der Waals surface area contributed by atoms with Crippen molar-refractivity contribution in [3.63, 3.8) is 0 Å². The highest BCUT2D eigenvalue weighted by atomic mass is 32.2. The molecule has 0 radical (unpaired) electrons. The van der Waals surface area contributed by atoms with Gasteiger partial charge >= 0.3 is 0 Å². The third-order valence-corrected chi connectivity index (χ3v) is 7.27. The van der Waals surface area contributed by atoms with E-state index in [0.717, 1.165) is 11.3 Å². The average Bonchev–Trinajstić information content (AvgIpc) is 3.40. The van der Waals surface area contributed by atoms with E-state index in [0.29, 0.717) is 37.5 Å². The Balaban J connectivity index is 1.29. The topological polar surface area (TPSA) is 99.9 Å². The van der Waals surface area contributed by atoms with Gasteiger partial charge in [-0.15, -0.1) is 0 Å². The summed E-state index contributed by atoms with van der Waals surface area (Å²) >= 11 is 0. The van der Waals surface area contributed by atoms with Crippen molar-refractivity contribution < 1.29 is 22.4 Å². The average molecular weight is 494 g/mol. The highest BCUT2D eigenvalue weighted by Crippen LogP contribution is 2.18. The summed E-state index contributed by atoms with van der Waals surface area (Å²) in [7, 11) is -3.67. The highest BCUT2D eigenvalue weighted by Gasteiger charge is 2.20. The molecular weight excluding hydrogens is 466 g/mol. The first-order valence-corrected chi connectivity index (χ1v) is 12.8. The van der Waals surface area contributed by atoms with Gasteiger partial charge in [0.15, 0.2) is 5.78 Å². The molecule has 0 bridgehead atoms. The van der Waals surface area contributed by atoms with Gasteiger partial charge in [-0.3, -0.25) is 9.59 Å². The van der Waals surface area contributed by atoms with Gasteiger partial charge in [-0.1, -0.05) is 12.1 Å². The molecule has 0 atom stereocenters. The van der Waals surface area contributed by atoms with E-state index < -0.39 is 10.0 Å². The fraction of sp³-hybridized carbons (Fsp3) is 0.231. The predicted octanol–water partition coefficient (Wildman–Crippen LogP) is 3.32. The summed E-state index contributed by atoms with van der Waals surface area (Å²) in [6, 6.07) is 17.2. The van der Waals surface area contributed by atoms with Crippen molar-refractivity contribution in [3.8, 4) is 0 Å². The molecule has 1 aliphatic rings. The first kappa shape index (κ1) is 24.4. The number of anilines is 1. The number of nitrogens with zero attached hydrogens (tertiary/aromatic N) is 2. The van der Waals surface area contributed by atoms with Crippen LogP contribution >= 0.6 is 0 Å². The Bertz CT molecular complexity index is 1290. The van der Waals surface area contributed by atoms with Gasteiger partial charge in [-0.05, 0) is 67.1 Å². The summed E-state index contributed by atoms with van der Waals surface area (Å²) < 4.78 is 32.5. The fourth-order valence-electron chi connectivity index (χ4n) is 3.79. The predicted molar refractivity (Wildman–Crippen MR) is 133 cm³/mol. The second kappa shape index (κ2) is 10.7. The molecule has 0 spiro atoms. The second-order valence-corrected chi connectivity index (χ2v) is 9.99. The maximum Gasteiger partial charge on any atom is 0.246 e. The second-order valence-electron chi connectivity index (χ2n) is 8.22. The van der Waals surface area contributed by atoms with Gasteiger partial charge in [0.25, 0.3) is 0 Å². The zero-order valence-electron chi connectivity index (χ0n) is 19.4. The SMILES string of the molecule is CC(=O)c1ccc(N2CCN(C(=O)/C=C/c3ccc(S(=O)(=O)NCc4ccco4)cc3)CC2)cc1.